The number of thiophene rings is 1. The van der Waals surface area contributed by atoms with Crippen LogP contribution in [0.2, 0.25) is 5.02 Å². The molecule has 7 nitrogen and oxygen atoms in total. The number of nitrogens with zero attached hydrogens (tertiary/aromatic N) is 1. The molecule has 1 saturated carbocycles. The van der Waals surface area contributed by atoms with Gasteiger partial charge in [0.25, 0.3) is 0 Å². The topological polar surface area (TPSA) is 100 Å². The molecule has 2 aromatic carbocycles. The molecule has 294 valence electrons. The molecular formula is C43H47ClF3NO6S. The van der Waals surface area contributed by atoms with Crippen molar-refractivity contribution in [1.82, 2.24) is 4.90 Å². The number of amides is 1. The molecular weight excluding hydrogens is 751 g/mol. The van der Waals surface area contributed by atoms with Crippen molar-refractivity contribution in [2.45, 2.75) is 95.9 Å². The molecule has 0 radical (unpaired) electrons. The predicted molar refractivity (Wildman–Crippen MR) is 208 cm³/mol. The van der Waals surface area contributed by atoms with Crippen molar-refractivity contribution in [2.24, 2.45) is 5.41 Å². The second-order valence-electron chi connectivity index (χ2n) is 15.1. The fraction of sp³-hybridized carbons (Fsp3) is 0.442. The number of allylic oxidation sites excluding steroid dienone is 2. The predicted octanol–water partition coefficient (Wildman–Crippen LogP) is 10.7. The summed E-state index contributed by atoms with van der Waals surface area (Å²) in [6.45, 7) is 6.42. The number of halogens is 4. The Labute approximate surface area is 328 Å². The Hall–Kier alpha value is -3.90. The lowest BCUT2D eigenvalue weighted by atomic mass is 9.64. The van der Waals surface area contributed by atoms with Gasteiger partial charge < -0.3 is 24.3 Å². The van der Waals surface area contributed by atoms with E-state index in [0.717, 1.165) is 34.2 Å². The van der Waals surface area contributed by atoms with E-state index in [1.807, 2.05) is 43.5 Å². The number of ether oxygens (including phenoxy) is 1. The first-order chi connectivity index (χ1) is 26.1. The minimum absolute atomic E-state index is 0.00380. The lowest BCUT2D eigenvalue weighted by molar-refractivity contribution is -0.137. The molecule has 4 atom stereocenters. The number of carbonyl (C=O) groups is 2. The molecule has 2 heterocycles. The van der Waals surface area contributed by atoms with Crippen molar-refractivity contribution in [3.05, 3.63) is 116 Å². The molecule has 12 heteroatoms. The Morgan fingerprint density at radius 3 is 2.62 bits per heavy atom. The van der Waals surface area contributed by atoms with Crippen LogP contribution in [0.3, 0.4) is 0 Å². The fourth-order valence-electron chi connectivity index (χ4n) is 8.29. The van der Waals surface area contributed by atoms with E-state index in [1.54, 1.807) is 29.2 Å². The maximum atomic E-state index is 14.6. The summed E-state index contributed by atoms with van der Waals surface area (Å²) in [6, 6.07) is 15.3. The standard InChI is InChI=1S/C43H47ClF3NO6S/c1-4-53-40(51)48(21-18-31-8-6-22-55-31)26-42(52)20-17-35-32-13-10-28(23-30(49)12-9-27(2)7-5-19-41(35,42)3)24-33(32)39(50)38-16-15-37(54-38)34-25-29(43(45,46)47)11-14-36(34)44/h6-8,10-11,13-16,22,24-25,30,35,49,52H,4-5,9,12,17-21,23,26H2,1-3H3. The fourth-order valence-corrected chi connectivity index (χ4v) is 9.20. The second-order valence-corrected chi connectivity index (χ2v) is 16.5. The quantitative estimate of drug-likeness (QED) is 0.129. The molecule has 7 rings (SSSR count). The van der Waals surface area contributed by atoms with Gasteiger partial charge in [0, 0.05) is 28.0 Å². The van der Waals surface area contributed by atoms with Gasteiger partial charge in [-0.15, -0.1) is 11.3 Å². The van der Waals surface area contributed by atoms with Crippen molar-refractivity contribution in [3.63, 3.8) is 0 Å². The van der Waals surface area contributed by atoms with Crippen molar-refractivity contribution in [3.8, 4) is 11.3 Å². The van der Waals surface area contributed by atoms with E-state index in [2.05, 4.69) is 6.08 Å². The highest BCUT2D eigenvalue weighted by Gasteiger charge is 2.58. The first kappa shape index (κ1) is 40.8. The number of ketones is 1. The minimum Gasteiger partial charge on any atom is -0.453 e. The van der Waals surface area contributed by atoms with Crippen molar-refractivity contribution < 1.29 is 42.1 Å². The van der Waals surface area contributed by atoms with Crippen LogP contribution in [0.1, 0.15) is 103 Å². The number of carbonyl (C=O) groups excluding carboxylic acids is 2. The summed E-state index contributed by atoms with van der Waals surface area (Å²) in [5.41, 5.74) is -0.179. The Kier molecular flexibility index (Phi) is 12.4. The van der Waals surface area contributed by atoms with Crippen LogP contribution >= 0.6 is 22.9 Å². The Morgan fingerprint density at radius 2 is 1.89 bits per heavy atom. The molecule has 55 heavy (non-hydrogen) atoms. The SMILES string of the molecule is CCOC(=O)N(CCc1cccs1)CC1(O)CCC2c3ccc(cc3C(=O)c3ccc(-c4cc(C(F)(F)F)ccc4Cl)o3)CC(O)CCC(C)=CCCC21C. The summed E-state index contributed by atoms with van der Waals surface area (Å²) in [5, 5.41) is 25.8. The Morgan fingerprint density at radius 1 is 1.09 bits per heavy atom. The molecule has 2 aromatic heterocycles. The van der Waals surface area contributed by atoms with Gasteiger partial charge in [0.15, 0.2) is 5.76 Å². The summed E-state index contributed by atoms with van der Waals surface area (Å²) in [7, 11) is 0. The van der Waals surface area contributed by atoms with Crippen LogP contribution in [0.4, 0.5) is 18.0 Å². The van der Waals surface area contributed by atoms with Crippen LogP contribution < -0.4 is 0 Å². The van der Waals surface area contributed by atoms with E-state index in [4.69, 9.17) is 20.8 Å². The second kappa shape index (κ2) is 16.7. The average Bonchev–Trinajstić information content (AvgIpc) is 3.90. The molecule has 0 aliphatic heterocycles. The molecule has 4 aromatic rings. The molecule has 0 saturated heterocycles. The number of fused-ring (bicyclic) bond motifs is 8. The summed E-state index contributed by atoms with van der Waals surface area (Å²) in [5.74, 6) is -0.885. The molecule has 2 bridgehead atoms. The van der Waals surface area contributed by atoms with Crippen LogP contribution in [-0.2, 0) is 23.8 Å². The zero-order valence-electron chi connectivity index (χ0n) is 31.3. The molecule has 0 spiro atoms. The molecule has 2 N–H and O–H groups in total. The molecule has 4 unspecified atom stereocenters. The highest BCUT2D eigenvalue weighted by Crippen LogP contribution is 2.59. The zero-order valence-corrected chi connectivity index (χ0v) is 32.8. The van der Waals surface area contributed by atoms with Gasteiger partial charge in [-0.25, -0.2) is 4.79 Å². The molecule has 3 aliphatic rings. The number of furan rings is 1. The van der Waals surface area contributed by atoms with Gasteiger partial charge in [-0.1, -0.05) is 48.4 Å². The van der Waals surface area contributed by atoms with Crippen LogP contribution in [-0.4, -0.2) is 58.4 Å². The number of aliphatic hydroxyl groups excluding tert-OH is 1. The van der Waals surface area contributed by atoms with Crippen molar-refractivity contribution in [1.29, 1.82) is 0 Å². The minimum atomic E-state index is -4.60. The van der Waals surface area contributed by atoms with Crippen LogP contribution in [0.5, 0.6) is 0 Å². The highest BCUT2D eigenvalue weighted by atomic mass is 35.5. The number of hydrogen-bond donors (Lipinski definition) is 2. The number of rotatable bonds is 9. The molecule has 3 aliphatic carbocycles. The Balaban J connectivity index is 1.40. The largest absolute Gasteiger partial charge is 0.453 e. The van der Waals surface area contributed by atoms with E-state index in [-0.39, 0.29) is 41.2 Å². The van der Waals surface area contributed by atoms with Crippen LogP contribution in [0.15, 0.2) is 82.1 Å². The number of aliphatic hydroxyl groups is 2. The monoisotopic (exact) mass is 797 g/mol. The van der Waals surface area contributed by atoms with Crippen LogP contribution in [0, 0.1) is 5.41 Å². The van der Waals surface area contributed by atoms with E-state index < -0.39 is 40.7 Å². The number of alkyl halides is 3. The summed E-state index contributed by atoms with van der Waals surface area (Å²) in [4.78, 5) is 30.6. The maximum Gasteiger partial charge on any atom is 0.416 e. The molecule has 1 amide bonds. The lowest BCUT2D eigenvalue weighted by Crippen LogP contribution is -2.54. The third-order valence-corrected chi connectivity index (χ3v) is 12.8. The summed E-state index contributed by atoms with van der Waals surface area (Å²) in [6.07, 6.45) is 0.574. The first-order valence-corrected chi connectivity index (χ1v) is 20.0. The van der Waals surface area contributed by atoms with Crippen molar-refractivity contribution in [2.75, 3.05) is 19.7 Å². The summed E-state index contributed by atoms with van der Waals surface area (Å²) >= 11 is 7.92. The van der Waals surface area contributed by atoms with E-state index in [0.29, 0.717) is 69.0 Å². The maximum absolute atomic E-state index is 14.6. The van der Waals surface area contributed by atoms with Gasteiger partial charge in [0.05, 0.1) is 35.4 Å². The number of benzene rings is 2. The van der Waals surface area contributed by atoms with Crippen molar-refractivity contribution >= 4 is 34.8 Å². The van der Waals surface area contributed by atoms with E-state index in [9.17, 15) is 33.0 Å². The van der Waals surface area contributed by atoms with E-state index >= 15 is 0 Å². The average molecular weight is 798 g/mol. The first-order valence-electron chi connectivity index (χ1n) is 18.8. The van der Waals surface area contributed by atoms with Gasteiger partial charge >= 0.3 is 12.3 Å². The normalized spacial score (nSPS) is 23.2. The van der Waals surface area contributed by atoms with Gasteiger partial charge in [-0.2, -0.15) is 13.2 Å². The summed E-state index contributed by atoms with van der Waals surface area (Å²) < 4.78 is 52.2. The third kappa shape index (κ3) is 8.90. The smallest absolute Gasteiger partial charge is 0.416 e. The lowest BCUT2D eigenvalue weighted by Gasteiger charge is -2.46. The van der Waals surface area contributed by atoms with Gasteiger partial charge in [0.2, 0.25) is 5.78 Å². The number of hydrogen-bond acceptors (Lipinski definition) is 7. The van der Waals surface area contributed by atoms with E-state index in [1.165, 1.54) is 12.1 Å². The van der Waals surface area contributed by atoms with Gasteiger partial charge in [-0.05, 0) is 130 Å². The Bertz CT molecular complexity index is 2030. The highest BCUT2D eigenvalue weighted by molar-refractivity contribution is 7.09. The van der Waals surface area contributed by atoms with Gasteiger partial charge in [0.1, 0.15) is 5.76 Å². The van der Waals surface area contributed by atoms with Crippen LogP contribution in [0.25, 0.3) is 11.3 Å². The third-order valence-electron chi connectivity index (χ3n) is 11.5. The zero-order chi connectivity index (χ0) is 39.5. The molecule has 1 fully saturated rings. The van der Waals surface area contributed by atoms with Gasteiger partial charge in [-0.3, -0.25) is 4.79 Å².